The highest BCUT2D eigenvalue weighted by molar-refractivity contribution is 7.09. The highest BCUT2D eigenvalue weighted by Crippen LogP contribution is 2.32. The molecule has 1 aromatic heterocycles. The highest BCUT2D eigenvalue weighted by atomic mass is 32.1. The van der Waals surface area contributed by atoms with Crippen LogP contribution in [0.1, 0.15) is 161 Å². The molecule has 0 fully saturated rings. The minimum Gasteiger partial charge on any atom is -0.481 e. The Morgan fingerprint density at radius 1 is 0.826 bits per heavy atom. The number of thiazole rings is 1. The zero-order valence-electron chi connectivity index (χ0n) is 43.6. The smallest absolute Gasteiger partial charge is 0.412 e. The molecule has 17 nitrogen and oxygen atoms in total. The molecule has 0 aliphatic rings. The number of carboxylic acid groups (broad SMARTS) is 1. The number of benzene rings is 1. The minimum absolute atomic E-state index is 0.0247. The van der Waals surface area contributed by atoms with E-state index in [4.69, 9.17) is 19.2 Å². The molecule has 6 atom stereocenters. The molecule has 0 saturated heterocycles. The summed E-state index contributed by atoms with van der Waals surface area (Å²) in [7, 11) is 1.92. The monoisotopic (exact) mass is 988 g/mol. The average Bonchev–Trinajstić information content (AvgIpc) is 3.78. The van der Waals surface area contributed by atoms with Crippen LogP contribution in [0.15, 0.2) is 29.6 Å². The topological polar surface area (TPSA) is 218 Å². The maximum Gasteiger partial charge on any atom is 0.412 e. The maximum atomic E-state index is 14.6. The number of alkyl carbamates (subject to hydrolysis) is 1. The van der Waals surface area contributed by atoms with E-state index in [-0.39, 0.29) is 48.4 Å². The van der Waals surface area contributed by atoms with E-state index in [0.29, 0.717) is 69.1 Å². The van der Waals surface area contributed by atoms with Crippen LogP contribution in [0.25, 0.3) is 0 Å². The quantitative estimate of drug-likeness (QED) is 0.0437. The van der Waals surface area contributed by atoms with Gasteiger partial charge in [-0.25, -0.2) is 14.6 Å². The van der Waals surface area contributed by atoms with E-state index in [1.807, 2.05) is 44.5 Å². The summed E-state index contributed by atoms with van der Waals surface area (Å²) in [5.41, 5.74) is 0.381. The molecule has 2 rings (SSSR count). The molecule has 0 radical (unpaired) electrons. The number of aromatic nitrogens is 1. The van der Waals surface area contributed by atoms with Crippen molar-refractivity contribution in [3.8, 4) is 5.75 Å². The third kappa shape index (κ3) is 23.1. The lowest BCUT2D eigenvalue weighted by Crippen LogP contribution is -2.56. The van der Waals surface area contributed by atoms with Gasteiger partial charge in [-0.3, -0.25) is 24.1 Å². The van der Waals surface area contributed by atoms with Crippen molar-refractivity contribution in [3.05, 3.63) is 45.9 Å². The Labute approximate surface area is 415 Å². The van der Waals surface area contributed by atoms with Gasteiger partial charge in [-0.15, -0.1) is 11.3 Å². The van der Waals surface area contributed by atoms with E-state index >= 15 is 0 Å². The molecule has 69 heavy (non-hydrogen) atoms. The van der Waals surface area contributed by atoms with E-state index in [0.717, 1.165) is 37.8 Å². The predicted octanol–water partition coefficient (Wildman–Crippen LogP) is 8.37. The summed E-state index contributed by atoms with van der Waals surface area (Å²) in [4.78, 5) is 86.7. The molecule has 0 bridgehead atoms. The Morgan fingerprint density at radius 2 is 1.48 bits per heavy atom. The van der Waals surface area contributed by atoms with Gasteiger partial charge in [-0.1, -0.05) is 80.4 Å². The molecule has 0 unspecified atom stereocenters. The van der Waals surface area contributed by atoms with Crippen molar-refractivity contribution in [2.45, 2.75) is 170 Å². The molecule has 1 aromatic carbocycles. The van der Waals surface area contributed by atoms with Gasteiger partial charge in [0.2, 0.25) is 11.8 Å². The number of carboxylic acids is 1. The maximum absolute atomic E-state index is 14.6. The van der Waals surface area contributed by atoms with Gasteiger partial charge in [0.1, 0.15) is 34.2 Å². The lowest BCUT2D eigenvalue weighted by molar-refractivity contribution is -0.142. The lowest BCUT2D eigenvalue weighted by atomic mass is 9.92. The molecule has 0 spiro atoms. The van der Waals surface area contributed by atoms with Gasteiger partial charge in [0, 0.05) is 50.1 Å². The first-order valence-corrected chi connectivity index (χ1v) is 25.9. The van der Waals surface area contributed by atoms with E-state index in [1.165, 1.54) is 11.3 Å². The van der Waals surface area contributed by atoms with Crippen molar-refractivity contribution < 1.29 is 48.1 Å². The fourth-order valence-electron chi connectivity index (χ4n) is 7.58. The van der Waals surface area contributed by atoms with Crippen LogP contribution >= 0.6 is 11.3 Å². The van der Waals surface area contributed by atoms with Crippen molar-refractivity contribution in [3.63, 3.8) is 0 Å². The third-order valence-corrected chi connectivity index (χ3v) is 12.5. The number of unbranched alkanes of at least 4 members (excludes halogenated alkanes) is 2. The summed E-state index contributed by atoms with van der Waals surface area (Å²) in [6.07, 6.45) is 4.65. The Kier molecular flexibility index (Phi) is 27.5. The molecule has 2 aromatic rings. The van der Waals surface area contributed by atoms with Crippen molar-refractivity contribution in [2.24, 2.45) is 17.8 Å². The van der Waals surface area contributed by atoms with Gasteiger partial charge >= 0.3 is 18.2 Å². The number of carbonyl (C=O) groups excluding carboxylic acids is 5. The van der Waals surface area contributed by atoms with Crippen molar-refractivity contribution in [1.29, 1.82) is 0 Å². The second-order valence-electron chi connectivity index (χ2n) is 19.5. The first-order chi connectivity index (χ1) is 32.6. The van der Waals surface area contributed by atoms with Crippen LogP contribution < -0.4 is 26.0 Å². The summed E-state index contributed by atoms with van der Waals surface area (Å²) in [5.74, 6) is -2.26. The molecule has 18 heteroatoms. The van der Waals surface area contributed by atoms with Gasteiger partial charge in [-0.05, 0) is 109 Å². The molecular formula is C51H85N7O10S. The highest BCUT2D eigenvalue weighted by Gasteiger charge is 2.37. The minimum atomic E-state index is -0.988. The summed E-state index contributed by atoms with van der Waals surface area (Å²) in [5, 5.41) is 23.6. The van der Waals surface area contributed by atoms with Crippen LogP contribution in [0.3, 0.4) is 0 Å². The van der Waals surface area contributed by atoms with Crippen molar-refractivity contribution in [2.75, 3.05) is 46.4 Å². The molecule has 0 aliphatic carbocycles. The SMILES string of the molecule is CCCCN(C)CC(=O)N[C@H](C(=O)N(CCC)[C@H](C[C@@H](OCCC)c1nc(C(=O)N[C@@H](Cc2ccc(OC(=O)NCCCCNC(=O)OC(C)(C)C)cc2)C[C@H](C)C(=O)O)cs1)C(C)C)[C@@H](C)CC. The second-order valence-corrected chi connectivity index (χ2v) is 20.4. The second kappa shape index (κ2) is 31.4. The van der Waals surface area contributed by atoms with Crippen molar-refractivity contribution >= 4 is 47.2 Å². The van der Waals surface area contributed by atoms with Crippen LogP contribution in [0.5, 0.6) is 5.75 Å². The van der Waals surface area contributed by atoms with E-state index in [1.54, 1.807) is 57.3 Å². The number of hydrogen-bond donors (Lipinski definition) is 5. The molecular weight excluding hydrogens is 903 g/mol. The number of nitrogens with one attached hydrogen (secondary N) is 4. The fourth-order valence-corrected chi connectivity index (χ4v) is 8.44. The number of hydrogen-bond acceptors (Lipinski definition) is 12. The molecule has 5 N–H and O–H groups in total. The standard InChI is InChI=1S/C51H85N7O10S/c1-13-17-27-57(12)32-43(59)56-44(35(7)16-4)47(61)58(26-14-2)41(34(5)6)31-42(66-28-15-3)46-55-40(33-69-46)45(60)54-38(29-36(8)48(62)63)30-37-20-22-39(23-21-37)67-49(64)52-24-18-19-25-53-50(65)68-51(9,10)11/h20-23,33-36,38,41-42,44H,13-19,24-32H2,1-12H3,(H,52,64)(H,53,65)(H,54,60)(H,56,59)(H,62,63)/t35-,36-,38+,41+,42+,44-/m0/s1. The third-order valence-electron chi connectivity index (χ3n) is 11.6. The number of carbonyl (C=O) groups is 6. The predicted molar refractivity (Wildman–Crippen MR) is 270 cm³/mol. The molecule has 0 saturated carbocycles. The molecule has 5 amide bonds. The fraction of sp³-hybridized carbons (Fsp3) is 0.706. The van der Waals surface area contributed by atoms with Crippen LogP contribution in [0, 0.1) is 17.8 Å². The molecule has 1 heterocycles. The Morgan fingerprint density at radius 3 is 2.04 bits per heavy atom. The van der Waals surface area contributed by atoms with Gasteiger partial charge in [0.25, 0.3) is 5.91 Å². The van der Waals surface area contributed by atoms with E-state index < -0.39 is 53.8 Å². The van der Waals surface area contributed by atoms with Gasteiger partial charge < -0.3 is 45.5 Å². The summed E-state index contributed by atoms with van der Waals surface area (Å²) in [6, 6.07) is 5.25. The lowest BCUT2D eigenvalue weighted by Gasteiger charge is -2.39. The Bertz CT molecular complexity index is 1870. The Balaban J connectivity index is 2.21. The van der Waals surface area contributed by atoms with Gasteiger partial charge in [-0.2, -0.15) is 0 Å². The van der Waals surface area contributed by atoms with E-state index in [9.17, 15) is 33.9 Å². The van der Waals surface area contributed by atoms with Crippen LogP contribution in [-0.2, 0) is 30.3 Å². The number of nitrogens with zero attached hydrogens (tertiary/aromatic N) is 3. The summed E-state index contributed by atoms with van der Waals surface area (Å²) < 4.78 is 17.1. The summed E-state index contributed by atoms with van der Waals surface area (Å²) in [6.45, 7) is 24.0. The van der Waals surface area contributed by atoms with Crippen LogP contribution in [0.4, 0.5) is 9.59 Å². The zero-order chi connectivity index (χ0) is 51.7. The molecule has 0 aliphatic heterocycles. The molecule has 390 valence electrons. The first-order valence-electron chi connectivity index (χ1n) is 25.0. The van der Waals surface area contributed by atoms with E-state index in [2.05, 4.69) is 42.0 Å². The number of rotatable bonds is 32. The Hall–Kier alpha value is -4.81. The van der Waals surface area contributed by atoms with Gasteiger partial charge in [0.05, 0.1) is 12.5 Å². The summed E-state index contributed by atoms with van der Waals surface area (Å²) >= 11 is 1.30. The number of likely N-dealkylation sites (N-methyl/N-ethyl adjacent to an activating group) is 1. The number of aliphatic carboxylic acids is 1. The van der Waals surface area contributed by atoms with Crippen molar-refractivity contribution in [1.82, 2.24) is 36.1 Å². The first kappa shape index (κ1) is 60.3. The van der Waals surface area contributed by atoms with Crippen LogP contribution in [0.2, 0.25) is 0 Å². The number of ether oxygens (including phenoxy) is 3. The average molecular weight is 988 g/mol. The zero-order valence-corrected chi connectivity index (χ0v) is 44.4. The van der Waals surface area contributed by atoms with Gasteiger partial charge in [0.15, 0.2) is 0 Å². The van der Waals surface area contributed by atoms with Crippen LogP contribution in [-0.4, -0.2) is 126 Å². The number of amides is 5. The normalized spacial score (nSPS) is 14.2. The largest absolute Gasteiger partial charge is 0.481 e.